The summed E-state index contributed by atoms with van der Waals surface area (Å²) in [6.07, 6.45) is -0.210. The third-order valence-corrected chi connectivity index (χ3v) is 3.82. The van der Waals surface area contributed by atoms with Gasteiger partial charge in [-0.3, -0.25) is 9.59 Å². The molecule has 0 bridgehead atoms. The smallest absolute Gasteiger partial charge is 0.323 e. The van der Waals surface area contributed by atoms with Crippen LogP contribution in [-0.4, -0.2) is 36.2 Å². The summed E-state index contributed by atoms with van der Waals surface area (Å²) in [7, 11) is -4.02. The normalized spacial score (nSPS) is 14.4. The number of amides is 1. The number of nitrogens with one attached hydrogen (secondary N) is 1. The quantitative estimate of drug-likeness (QED) is 0.560. The van der Waals surface area contributed by atoms with Gasteiger partial charge >= 0.3 is 5.97 Å². The molecule has 0 radical (unpaired) electrons. The first-order chi connectivity index (χ1) is 6.98. The molecule has 0 saturated heterocycles. The summed E-state index contributed by atoms with van der Waals surface area (Å²) >= 11 is 0. The van der Waals surface area contributed by atoms with E-state index in [1.165, 1.54) is 13.8 Å². The number of carbonyl (C=O) groups excluding carboxylic acids is 1. The third kappa shape index (κ3) is 4.58. The molecule has 16 heavy (non-hydrogen) atoms. The predicted octanol–water partition coefficient (Wildman–Crippen LogP) is -0.967. The van der Waals surface area contributed by atoms with E-state index in [4.69, 9.17) is 10.8 Å². The van der Waals surface area contributed by atoms with E-state index in [1.807, 2.05) is 0 Å². The third-order valence-electron chi connectivity index (χ3n) is 1.85. The van der Waals surface area contributed by atoms with Gasteiger partial charge in [-0.2, -0.15) is 0 Å². The fourth-order valence-corrected chi connectivity index (χ4v) is 2.36. The van der Waals surface area contributed by atoms with Crippen LogP contribution < -0.4 is 10.5 Å². The number of rotatable bonds is 6. The van der Waals surface area contributed by atoms with Gasteiger partial charge in [-0.25, -0.2) is 13.1 Å². The maximum atomic E-state index is 11.5. The SMILES string of the molecule is CC(C(=O)O)S(=O)(=O)NC(C)(C)CC(N)=O. The minimum Gasteiger partial charge on any atom is -0.480 e. The zero-order valence-corrected chi connectivity index (χ0v) is 10.2. The second kappa shape index (κ2) is 4.79. The summed E-state index contributed by atoms with van der Waals surface area (Å²) < 4.78 is 25.2. The monoisotopic (exact) mass is 252 g/mol. The van der Waals surface area contributed by atoms with Gasteiger partial charge in [0, 0.05) is 12.0 Å². The highest BCUT2D eigenvalue weighted by atomic mass is 32.2. The number of carbonyl (C=O) groups is 2. The summed E-state index contributed by atoms with van der Waals surface area (Å²) in [4.78, 5) is 21.2. The van der Waals surface area contributed by atoms with Crippen molar-refractivity contribution in [3.63, 3.8) is 0 Å². The molecular formula is C8H16N2O5S. The van der Waals surface area contributed by atoms with Crippen LogP contribution in [0.2, 0.25) is 0 Å². The molecule has 0 rings (SSSR count). The molecule has 0 aromatic heterocycles. The van der Waals surface area contributed by atoms with E-state index < -0.39 is 32.7 Å². The fourth-order valence-electron chi connectivity index (χ4n) is 1.08. The molecule has 0 aromatic rings. The Bertz CT molecular complexity index is 387. The molecule has 0 heterocycles. The molecule has 1 unspecified atom stereocenters. The van der Waals surface area contributed by atoms with Gasteiger partial charge in [-0.15, -0.1) is 0 Å². The molecule has 94 valence electrons. The minimum absolute atomic E-state index is 0.210. The average molecular weight is 252 g/mol. The van der Waals surface area contributed by atoms with Gasteiger partial charge in [0.25, 0.3) is 0 Å². The lowest BCUT2D eigenvalue weighted by Crippen LogP contribution is -2.50. The molecule has 7 nitrogen and oxygen atoms in total. The van der Waals surface area contributed by atoms with Crippen LogP contribution >= 0.6 is 0 Å². The number of sulfonamides is 1. The molecule has 0 saturated carbocycles. The van der Waals surface area contributed by atoms with Gasteiger partial charge in [0.2, 0.25) is 15.9 Å². The van der Waals surface area contributed by atoms with Crippen molar-refractivity contribution in [1.29, 1.82) is 0 Å². The Kier molecular flexibility index (Phi) is 4.45. The zero-order valence-electron chi connectivity index (χ0n) is 9.35. The van der Waals surface area contributed by atoms with Crippen molar-refractivity contribution in [2.45, 2.75) is 38.0 Å². The second-order valence-electron chi connectivity index (χ2n) is 4.15. The largest absolute Gasteiger partial charge is 0.480 e. The lowest BCUT2D eigenvalue weighted by atomic mass is 10.0. The van der Waals surface area contributed by atoms with Crippen molar-refractivity contribution in [1.82, 2.24) is 4.72 Å². The summed E-state index contributed by atoms with van der Waals surface area (Å²) in [6.45, 7) is 3.94. The first-order valence-electron chi connectivity index (χ1n) is 4.52. The van der Waals surface area contributed by atoms with Gasteiger partial charge in [0.15, 0.2) is 5.25 Å². The molecule has 0 aliphatic heterocycles. The second-order valence-corrected chi connectivity index (χ2v) is 6.16. The number of hydrogen-bond acceptors (Lipinski definition) is 4. The maximum Gasteiger partial charge on any atom is 0.323 e. The Morgan fingerprint density at radius 2 is 1.88 bits per heavy atom. The molecular weight excluding hydrogens is 236 g/mol. The number of primary amides is 1. The Morgan fingerprint density at radius 1 is 1.44 bits per heavy atom. The number of carboxylic acids is 1. The van der Waals surface area contributed by atoms with Gasteiger partial charge < -0.3 is 10.8 Å². The van der Waals surface area contributed by atoms with Crippen molar-refractivity contribution in [2.75, 3.05) is 0 Å². The van der Waals surface area contributed by atoms with Crippen LogP contribution in [0.1, 0.15) is 27.2 Å². The predicted molar refractivity (Wildman–Crippen MR) is 57.0 cm³/mol. The first-order valence-corrected chi connectivity index (χ1v) is 6.06. The van der Waals surface area contributed by atoms with Crippen LogP contribution in [0.15, 0.2) is 0 Å². The van der Waals surface area contributed by atoms with E-state index in [-0.39, 0.29) is 6.42 Å². The maximum absolute atomic E-state index is 11.5. The highest BCUT2D eigenvalue weighted by Crippen LogP contribution is 2.12. The summed E-state index contributed by atoms with van der Waals surface area (Å²) in [5.74, 6) is -2.13. The van der Waals surface area contributed by atoms with E-state index in [1.54, 1.807) is 0 Å². The van der Waals surface area contributed by atoms with E-state index in [2.05, 4.69) is 4.72 Å². The van der Waals surface area contributed by atoms with Gasteiger partial charge in [0.1, 0.15) is 0 Å². The molecule has 0 fully saturated rings. The minimum atomic E-state index is -4.02. The molecule has 1 atom stereocenters. The Balaban J connectivity index is 4.84. The number of nitrogens with two attached hydrogens (primary N) is 1. The Morgan fingerprint density at radius 3 is 2.19 bits per heavy atom. The summed E-state index contributed by atoms with van der Waals surface area (Å²) in [5, 5.41) is 7.00. The van der Waals surface area contributed by atoms with Gasteiger partial charge in [-0.1, -0.05) is 0 Å². The molecule has 0 aromatic carbocycles. The number of carboxylic acid groups (broad SMARTS) is 1. The zero-order chi connectivity index (χ0) is 13.1. The highest BCUT2D eigenvalue weighted by molar-refractivity contribution is 7.90. The Labute approximate surface area is 94.1 Å². The van der Waals surface area contributed by atoms with E-state index >= 15 is 0 Å². The van der Waals surface area contributed by atoms with E-state index in [9.17, 15) is 18.0 Å². The van der Waals surface area contributed by atoms with Crippen LogP contribution in [0.4, 0.5) is 0 Å². The van der Waals surface area contributed by atoms with Crippen molar-refractivity contribution in [3.8, 4) is 0 Å². The van der Waals surface area contributed by atoms with Crippen molar-refractivity contribution >= 4 is 21.9 Å². The van der Waals surface area contributed by atoms with Crippen LogP contribution in [0.3, 0.4) is 0 Å². The van der Waals surface area contributed by atoms with Crippen LogP contribution in [0, 0.1) is 0 Å². The van der Waals surface area contributed by atoms with Crippen molar-refractivity contribution in [3.05, 3.63) is 0 Å². The average Bonchev–Trinajstić information content (AvgIpc) is 1.97. The van der Waals surface area contributed by atoms with Crippen LogP contribution in [-0.2, 0) is 19.6 Å². The topological polar surface area (TPSA) is 127 Å². The molecule has 0 aliphatic rings. The lowest BCUT2D eigenvalue weighted by molar-refractivity contribution is -0.136. The van der Waals surface area contributed by atoms with Gasteiger partial charge in [-0.05, 0) is 20.8 Å². The Hall–Kier alpha value is -1.15. The lowest BCUT2D eigenvalue weighted by Gasteiger charge is -2.25. The standard InChI is InChI=1S/C8H16N2O5S/c1-5(7(12)13)16(14,15)10-8(2,3)4-6(9)11/h5,10H,4H2,1-3H3,(H2,9,11)(H,12,13). The molecule has 4 N–H and O–H groups in total. The van der Waals surface area contributed by atoms with E-state index in [0.717, 1.165) is 6.92 Å². The highest BCUT2D eigenvalue weighted by Gasteiger charge is 2.33. The molecule has 0 spiro atoms. The molecule has 0 aliphatic carbocycles. The fraction of sp³-hybridized carbons (Fsp3) is 0.750. The summed E-state index contributed by atoms with van der Waals surface area (Å²) in [5.41, 5.74) is 3.84. The van der Waals surface area contributed by atoms with Crippen LogP contribution in [0.25, 0.3) is 0 Å². The van der Waals surface area contributed by atoms with Crippen molar-refractivity contribution in [2.24, 2.45) is 5.73 Å². The van der Waals surface area contributed by atoms with Crippen LogP contribution in [0.5, 0.6) is 0 Å². The molecule has 8 heteroatoms. The van der Waals surface area contributed by atoms with Gasteiger partial charge in [0.05, 0.1) is 0 Å². The molecule has 1 amide bonds. The van der Waals surface area contributed by atoms with Crippen molar-refractivity contribution < 1.29 is 23.1 Å². The number of aliphatic carboxylic acids is 1. The van der Waals surface area contributed by atoms with E-state index in [0.29, 0.717) is 0 Å². The first kappa shape index (κ1) is 14.8. The number of hydrogen-bond donors (Lipinski definition) is 3. The summed E-state index contributed by atoms with van der Waals surface area (Å²) in [6, 6.07) is 0.